The number of fused-ring (bicyclic) bond motifs is 2. The monoisotopic (exact) mass is 396 g/mol. The SMILES string of the molecule is NC[C@]1(c2cccc(Cl)c2)CC[C@H](N2CC3(CC3)c3nnccc3C2=O)CC1. The van der Waals surface area contributed by atoms with Gasteiger partial charge in [-0.3, -0.25) is 4.79 Å². The molecule has 5 nitrogen and oxygen atoms in total. The highest BCUT2D eigenvalue weighted by Gasteiger charge is 2.54. The van der Waals surface area contributed by atoms with Gasteiger partial charge in [0.2, 0.25) is 0 Å². The molecule has 0 radical (unpaired) electrons. The number of aromatic nitrogens is 2. The molecule has 0 atom stereocenters. The van der Waals surface area contributed by atoms with E-state index in [2.05, 4.69) is 27.2 Å². The summed E-state index contributed by atoms with van der Waals surface area (Å²) in [5.41, 5.74) is 9.16. The Morgan fingerprint density at radius 3 is 2.64 bits per heavy atom. The molecule has 2 saturated carbocycles. The maximum Gasteiger partial charge on any atom is 0.256 e. The van der Waals surface area contributed by atoms with Crippen LogP contribution in [0.2, 0.25) is 5.02 Å². The van der Waals surface area contributed by atoms with Crippen LogP contribution in [-0.4, -0.2) is 40.1 Å². The minimum atomic E-state index is -0.0408. The van der Waals surface area contributed by atoms with Crippen molar-refractivity contribution in [2.75, 3.05) is 13.1 Å². The summed E-state index contributed by atoms with van der Waals surface area (Å²) < 4.78 is 0. The first kappa shape index (κ1) is 18.1. The molecule has 3 aliphatic rings. The Morgan fingerprint density at radius 2 is 1.96 bits per heavy atom. The number of benzene rings is 1. The molecule has 146 valence electrons. The minimum absolute atomic E-state index is 0.0408. The average molecular weight is 397 g/mol. The van der Waals surface area contributed by atoms with Gasteiger partial charge in [-0.25, -0.2) is 0 Å². The molecule has 1 aromatic heterocycles. The van der Waals surface area contributed by atoms with Gasteiger partial charge in [0.1, 0.15) is 0 Å². The van der Waals surface area contributed by atoms with E-state index in [4.69, 9.17) is 17.3 Å². The second-order valence-electron chi connectivity index (χ2n) is 8.73. The first-order chi connectivity index (χ1) is 13.6. The summed E-state index contributed by atoms with van der Waals surface area (Å²) in [4.78, 5) is 15.3. The summed E-state index contributed by atoms with van der Waals surface area (Å²) in [5, 5.41) is 9.11. The van der Waals surface area contributed by atoms with Crippen molar-refractivity contribution in [1.82, 2.24) is 15.1 Å². The zero-order valence-electron chi connectivity index (χ0n) is 15.9. The predicted octanol–water partition coefficient (Wildman–Crippen LogP) is 3.46. The summed E-state index contributed by atoms with van der Waals surface area (Å²) in [6.07, 6.45) is 7.74. The zero-order valence-corrected chi connectivity index (χ0v) is 16.7. The van der Waals surface area contributed by atoms with Crippen LogP contribution >= 0.6 is 11.6 Å². The van der Waals surface area contributed by atoms with Gasteiger partial charge < -0.3 is 10.6 Å². The van der Waals surface area contributed by atoms with Crippen molar-refractivity contribution >= 4 is 17.5 Å². The molecule has 1 aromatic carbocycles. The lowest BCUT2D eigenvalue weighted by Crippen LogP contribution is -2.52. The fourth-order valence-electron chi connectivity index (χ4n) is 5.26. The Balaban J connectivity index is 1.38. The van der Waals surface area contributed by atoms with Gasteiger partial charge in [0.05, 0.1) is 17.5 Å². The summed E-state index contributed by atoms with van der Waals surface area (Å²) in [7, 11) is 0. The zero-order chi connectivity index (χ0) is 19.4. The van der Waals surface area contributed by atoms with E-state index in [0.717, 1.165) is 61.3 Å². The van der Waals surface area contributed by atoms with Crippen molar-refractivity contribution in [3.63, 3.8) is 0 Å². The normalized spacial score (nSPS) is 28.3. The van der Waals surface area contributed by atoms with Gasteiger partial charge in [-0.1, -0.05) is 23.7 Å². The van der Waals surface area contributed by atoms with Gasteiger partial charge in [0, 0.05) is 35.0 Å². The molecule has 2 aromatic rings. The van der Waals surface area contributed by atoms with Gasteiger partial charge in [0.25, 0.3) is 5.91 Å². The number of carbonyl (C=O) groups is 1. The lowest BCUT2D eigenvalue weighted by Gasteiger charge is -2.45. The summed E-state index contributed by atoms with van der Waals surface area (Å²) in [5.74, 6) is 0.121. The van der Waals surface area contributed by atoms with E-state index in [0.29, 0.717) is 6.54 Å². The number of nitrogens with two attached hydrogens (primary N) is 1. The van der Waals surface area contributed by atoms with Crippen LogP contribution in [0.25, 0.3) is 0 Å². The Bertz CT molecular complexity index is 918. The molecule has 0 unspecified atom stereocenters. The van der Waals surface area contributed by atoms with Crippen molar-refractivity contribution in [2.24, 2.45) is 5.73 Å². The molecular formula is C22H25ClN4O. The summed E-state index contributed by atoms with van der Waals surface area (Å²) >= 11 is 6.23. The highest BCUT2D eigenvalue weighted by molar-refractivity contribution is 6.30. The van der Waals surface area contributed by atoms with E-state index in [1.807, 2.05) is 18.2 Å². The molecule has 6 heteroatoms. The Hall–Kier alpha value is -1.98. The Labute approximate surface area is 170 Å². The van der Waals surface area contributed by atoms with E-state index in [1.54, 1.807) is 6.20 Å². The van der Waals surface area contributed by atoms with E-state index in [-0.39, 0.29) is 22.8 Å². The fourth-order valence-corrected chi connectivity index (χ4v) is 5.45. The van der Waals surface area contributed by atoms with E-state index < -0.39 is 0 Å². The smallest absolute Gasteiger partial charge is 0.256 e. The maximum absolute atomic E-state index is 13.2. The van der Waals surface area contributed by atoms with E-state index in [9.17, 15) is 4.79 Å². The van der Waals surface area contributed by atoms with E-state index >= 15 is 0 Å². The number of hydrogen-bond acceptors (Lipinski definition) is 4. The van der Waals surface area contributed by atoms with Gasteiger partial charge >= 0.3 is 0 Å². The van der Waals surface area contributed by atoms with E-state index in [1.165, 1.54) is 5.56 Å². The number of halogens is 1. The maximum atomic E-state index is 13.2. The van der Waals surface area contributed by atoms with Gasteiger partial charge in [-0.2, -0.15) is 10.2 Å². The Morgan fingerprint density at radius 1 is 1.18 bits per heavy atom. The third-order valence-electron chi connectivity index (χ3n) is 7.22. The lowest BCUT2D eigenvalue weighted by atomic mass is 9.67. The van der Waals surface area contributed by atoms with Crippen LogP contribution in [0.3, 0.4) is 0 Å². The third-order valence-corrected chi connectivity index (χ3v) is 7.46. The number of amides is 1. The van der Waals surface area contributed by atoms with Crippen LogP contribution < -0.4 is 5.73 Å². The average Bonchev–Trinajstić information content (AvgIpc) is 3.51. The van der Waals surface area contributed by atoms with Crippen LogP contribution in [0.15, 0.2) is 36.5 Å². The van der Waals surface area contributed by atoms with Crippen molar-refractivity contribution < 1.29 is 4.79 Å². The quantitative estimate of drug-likeness (QED) is 0.862. The number of carbonyl (C=O) groups excluding carboxylic acids is 1. The molecule has 5 rings (SSSR count). The fraction of sp³-hybridized carbons (Fsp3) is 0.500. The number of rotatable bonds is 3. The minimum Gasteiger partial charge on any atom is -0.335 e. The highest BCUT2D eigenvalue weighted by Crippen LogP contribution is 2.52. The highest BCUT2D eigenvalue weighted by atomic mass is 35.5. The van der Waals surface area contributed by atoms with Crippen molar-refractivity contribution in [3.05, 3.63) is 58.4 Å². The lowest BCUT2D eigenvalue weighted by molar-refractivity contribution is 0.0529. The molecule has 1 amide bonds. The summed E-state index contributed by atoms with van der Waals surface area (Å²) in [6, 6.07) is 10.2. The van der Waals surface area contributed by atoms with Crippen LogP contribution in [0.1, 0.15) is 60.1 Å². The van der Waals surface area contributed by atoms with Crippen molar-refractivity contribution in [3.8, 4) is 0 Å². The molecule has 1 spiro atoms. The standard InChI is InChI=1S/C22H25ClN4O/c23-16-3-1-2-15(12-16)21(13-24)7-4-17(5-8-21)27-14-22(9-10-22)19-18(20(27)28)6-11-25-26-19/h1-3,6,11-12,17H,4-5,7-10,13-14,24H2/t17-,21-. The molecular weight excluding hydrogens is 372 g/mol. The van der Waals surface area contributed by atoms with Crippen molar-refractivity contribution in [1.29, 1.82) is 0 Å². The number of nitrogens with zero attached hydrogens (tertiary/aromatic N) is 3. The molecule has 2 heterocycles. The molecule has 2 fully saturated rings. The predicted molar refractivity (Wildman–Crippen MR) is 108 cm³/mol. The third kappa shape index (κ3) is 2.75. The second-order valence-corrected chi connectivity index (χ2v) is 9.17. The van der Waals surface area contributed by atoms with Crippen LogP contribution in [-0.2, 0) is 10.8 Å². The topological polar surface area (TPSA) is 72.1 Å². The first-order valence-electron chi connectivity index (χ1n) is 10.2. The largest absolute Gasteiger partial charge is 0.335 e. The van der Waals surface area contributed by atoms with Crippen LogP contribution in [0.4, 0.5) is 0 Å². The molecule has 0 bridgehead atoms. The van der Waals surface area contributed by atoms with Gasteiger partial charge in [0.15, 0.2) is 0 Å². The van der Waals surface area contributed by atoms with Crippen LogP contribution in [0, 0.1) is 0 Å². The number of hydrogen-bond donors (Lipinski definition) is 1. The van der Waals surface area contributed by atoms with Crippen LogP contribution in [0.5, 0.6) is 0 Å². The molecule has 2 aliphatic carbocycles. The van der Waals surface area contributed by atoms with Gasteiger partial charge in [-0.05, 0) is 62.3 Å². The molecule has 0 saturated heterocycles. The summed E-state index contributed by atoms with van der Waals surface area (Å²) in [6.45, 7) is 1.39. The first-order valence-corrected chi connectivity index (χ1v) is 10.5. The van der Waals surface area contributed by atoms with Crippen molar-refractivity contribution in [2.45, 2.75) is 55.4 Å². The molecule has 28 heavy (non-hydrogen) atoms. The molecule has 2 N–H and O–H groups in total. The Kier molecular flexibility index (Phi) is 4.21. The second kappa shape index (κ2) is 6.53. The van der Waals surface area contributed by atoms with Gasteiger partial charge in [-0.15, -0.1) is 0 Å². The molecule has 1 aliphatic heterocycles.